The van der Waals surface area contributed by atoms with Crippen LogP contribution in [0.25, 0.3) is 0 Å². The maximum atomic E-state index is 13.2. The van der Waals surface area contributed by atoms with Gasteiger partial charge in [0.1, 0.15) is 0 Å². The molecule has 1 saturated carbocycles. The number of nitrogens with one attached hydrogen (secondary N) is 1. The summed E-state index contributed by atoms with van der Waals surface area (Å²) in [5.74, 6) is 1.19. The first-order valence-corrected chi connectivity index (χ1v) is 9.93. The third-order valence-corrected chi connectivity index (χ3v) is 7.38. The van der Waals surface area contributed by atoms with Crippen molar-refractivity contribution < 1.29 is 4.21 Å². The third-order valence-electron chi connectivity index (χ3n) is 4.34. The summed E-state index contributed by atoms with van der Waals surface area (Å²) in [5.41, 5.74) is 0. The molecule has 0 bridgehead atoms. The average molecular weight is 372 g/mol. The molecule has 0 aliphatic heterocycles. The van der Waals surface area contributed by atoms with Crippen LogP contribution in [0.3, 0.4) is 0 Å². The molecule has 1 fully saturated rings. The molecule has 1 aromatic rings. The van der Waals surface area contributed by atoms with Gasteiger partial charge in [-0.1, -0.05) is 32.9 Å². The van der Waals surface area contributed by atoms with Gasteiger partial charge in [-0.05, 0) is 65.7 Å². The average Bonchev–Trinajstić information content (AvgIpc) is 2.44. The van der Waals surface area contributed by atoms with E-state index in [9.17, 15) is 4.21 Å². The minimum absolute atomic E-state index is 0.200. The second-order valence-corrected chi connectivity index (χ2v) is 8.74. The molecule has 0 radical (unpaired) electrons. The van der Waals surface area contributed by atoms with Crippen molar-refractivity contribution in [3.05, 3.63) is 28.7 Å². The van der Waals surface area contributed by atoms with E-state index in [1.165, 1.54) is 6.42 Å². The smallest absolute Gasteiger partial charge is 0.0590 e. The third kappa shape index (κ3) is 4.17. The molecule has 1 N–H and O–H groups in total. The minimum Gasteiger partial charge on any atom is -0.313 e. The van der Waals surface area contributed by atoms with Gasteiger partial charge in [-0.25, -0.2) is 0 Å². The maximum Gasteiger partial charge on any atom is 0.0590 e. The lowest BCUT2D eigenvalue weighted by molar-refractivity contribution is 0.246. The lowest BCUT2D eigenvalue weighted by atomic mass is 9.80. The summed E-state index contributed by atoms with van der Waals surface area (Å²) in [6.07, 6.45) is 3.42. The molecule has 2 nitrogen and oxygen atoms in total. The molecular weight excluding hydrogens is 346 g/mol. The topological polar surface area (TPSA) is 29.1 Å². The van der Waals surface area contributed by atoms with Gasteiger partial charge in [0.25, 0.3) is 0 Å². The normalized spacial score (nSPS) is 31.0. The van der Waals surface area contributed by atoms with Crippen molar-refractivity contribution in [2.75, 3.05) is 6.54 Å². The van der Waals surface area contributed by atoms with E-state index < -0.39 is 10.8 Å². The van der Waals surface area contributed by atoms with E-state index in [0.717, 1.165) is 28.8 Å². The molecule has 4 heteroatoms. The lowest BCUT2D eigenvalue weighted by Crippen LogP contribution is -2.50. The molecule has 0 amide bonds. The van der Waals surface area contributed by atoms with Gasteiger partial charge in [-0.2, -0.15) is 0 Å². The molecular formula is C17H26BrNOS. The van der Waals surface area contributed by atoms with Crippen molar-refractivity contribution in [1.82, 2.24) is 5.32 Å². The maximum absolute atomic E-state index is 13.2. The Balaban J connectivity index is 2.24. The van der Waals surface area contributed by atoms with Crippen LogP contribution in [0, 0.1) is 11.8 Å². The molecule has 0 heterocycles. The zero-order chi connectivity index (χ0) is 15.4. The Kier molecular flexibility index (Phi) is 6.45. The van der Waals surface area contributed by atoms with E-state index in [-0.39, 0.29) is 5.25 Å². The zero-order valence-corrected chi connectivity index (χ0v) is 15.5. The molecule has 2 rings (SSSR count). The van der Waals surface area contributed by atoms with Gasteiger partial charge < -0.3 is 5.32 Å². The fraction of sp³-hybridized carbons (Fsp3) is 0.647. The lowest BCUT2D eigenvalue weighted by Gasteiger charge is -2.39. The first-order chi connectivity index (χ1) is 10.0. The second-order valence-electron chi connectivity index (χ2n) is 6.31. The van der Waals surface area contributed by atoms with E-state index in [1.807, 2.05) is 24.3 Å². The van der Waals surface area contributed by atoms with Crippen LogP contribution in [0.4, 0.5) is 0 Å². The highest BCUT2D eigenvalue weighted by Crippen LogP contribution is 2.35. The molecule has 118 valence electrons. The van der Waals surface area contributed by atoms with Crippen molar-refractivity contribution in [3.8, 4) is 0 Å². The molecule has 5 unspecified atom stereocenters. The Morgan fingerprint density at radius 3 is 2.67 bits per heavy atom. The molecule has 0 saturated heterocycles. The summed E-state index contributed by atoms with van der Waals surface area (Å²) in [6.45, 7) is 7.76. The summed E-state index contributed by atoms with van der Waals surface area (Å²) in [7, 11) is -0.969. The van der Waals surface area contributed by atoms with E-state index >= 15 is 0 Å². The molecule has 5 atom stereocenters. The van der Waals surface area contributed by atoms with Crippen LogP contribution in [0.1, 0.15) is 40.0 Å². The molecule has 0 spiro atoms. The molecule has 1 aliphatic rings. The van der Waals surface area contributed by atoms with Crippen LogP contribution in [-0.4, -0.2) is 22.0 Å². The monoisotopic (exact) mass is 371 g/mol. The van der Waals surface area contributed by atoms with Crippen molar-refractivity contribution >= 4 is 26.7 Å². The fourth-order valence-corrected chi connectivity index (χ4v) is 6.04. The van der Waals surface area contributed by atoms with Gasteiger partial charge in [-0.3, -0.25) is 4.21 Å². The Labute approximate surface area is 139 Å². The summed E-state index contributed by atoms with van der Waals surface area (Å²) in [5, 5.41) is 3.84. The van der Waals surface area contributed by atoms with Crippen LogP contribution in [0.5, 0.6) is 0 Å². The summed E-state index contributed by atoms with van der Waals surface area (Å²) in [4.78, 5) is 0.937. The number of benzene rings is 1. The largest absolute Gasteiger partial charge is 0.313 e. The molecule has 21 heavy (non-hydrogen) atoms. The standard InChI is InChI=1S/C17H26BrNOS/c1-4-9-19-15-11-12(2)10-13(3)17(15)21(20)16-8-6-5-7-14(16)18/h5-8,12-13,15,17,19H,4,9-11H2,1-3H3. The molecule has 0 aromatic heterocycles. The summed E-state index contributed by atoms with van der Waals surface area (Å²) in [6, 6.07) is 8.28. The van der Waals surface area contributed by atoms with Gasteiger partial charge in [0.05, 0.1) is 20.9 Å². The van der Waals surface area contributed by atoms with Crippen LogP contribution in [0.15, 0.2) is 33.6 Å². The van der Waals surface area contributed by atoms with Crippen LogP contribution >= 0.6 is 15.9 Å². The molecule has 1 aromatic carbocycles. The predicted molar refractivity (Wildman–Crippen MR) is 94.0 cm³/mol. The van der Waals surface area contributed by atoms with Gasteiger partial charge in [0, 0.05) is 10.5 Å². The fourth-order valence-electron chi connectivity index (χ4n) is 3.47. The van der Waals surface area contributed by atoms with Crippen molar-refractivity contribution in [2.45, 2.75) is 56.2 Å². The summed E-state index contributed by atoms with van der Waals surface area (Å²) >= 11 is 3.55. The first-order valence-electron chi connectivity index (χ1n) is 7.93. The quantitative estimate of drug-likeness (QED) is 0.832. The zero-order valence-electron chi connectivity index (χ0n) is 13.1. The van der Waals surface area contributed by atoms with Crippen LogP contribution in [0.2, 0.25) is 0 Å². The second kappa shape index (κ2) is 7.89. The number of hydrogen-bond donors (Lipinski definition) is 1. The minimum atomic E-state index is -0.969. The number of hydrogen-bond acceptors (Lipinski definition) is 2. The van der Waals surface area contributed by atoms with Gasteiger partial charge in [0.15, 0.2) is 0 Å². The van der Waals surface area contributed by atoms with Crippen LogP contribution in [-0.2, 0) is 10.8 Å². The highest BCUT2D eigenvalue weighted by molar-refractivity contribution is 9.10. The summed E-state index contributed by atoms with van der Waals surface area (Å²) < 4.78 is 14.1. The van der Waals surface area contributed by atoms with E-state index in [0.29, 0.717) is 17.9 Å². The van der Waals surface area contributed by atoms with Crippen LogP contribution < -0.4 is 5.32 Å². The van der Waals surface area contributed by atoms with E-state index in [1.54, 1.807) is 0 Å². The van der Waals surface area contributed by atoms with E-state index in [4.69, 9.17) is 0 Å². The van der Waals surface area contributed by atoms with Gasteiger partial charge in [-0.15, -0.1) is 0 Å². The first kappa shape index (κ1) is 17.2. The highest BCUT2D eigenvalue weighted by Gasteiger charge is 2.38. The molecule has 1 aliphatic carbocycles. The van der Waals surface area contributed by atoms with E-state index in [2.05, 4.69) is 42.0 Å². The SMILES string of the molecule is CCCNC1CC(C)CC(C)C1S(=O)c1ccccc1Br. The van der Waals surface area contributed by atoms with Crippen molar-refractivity contribution in [1.29, 1.82) is 0 Å². The Morgan fingerprint density at radius 2 is 2.00 bits per heavy atom. The van der Waals surface area contributed by atoms with Gasteiger partial charge >= 0.3 is 0 Å². The van der Waals surface area contributed by atoms with Crippen molar-refractivity contribution in [3.63, 3.8) is 0 Å². The highest BCUT2D eigenvalue weighted by atomic mass is 79.9. The number of halogens is 1. The number of rotatable bonds is 5. The predicted octanol–water partition coefficient (Wildman–Crippen LogP) is 4.36. The van der Waals surface area contributed by atoms with Gasteiger partial charge in [0.2, 0.25) is 0 Å². The Morgan fingerprint density at radius 1 is 1.29 bits per heavy atom. The Bertz CT molecular complexity index is 493. The van der Waals surface area contributed by atoms with Crippen molar-refractivity contribution in [2.24, 2.45) is 11.8 Å². The Hall–Kier alpha value is -0.190.